The Morgan fingerprint density at radius 2 is 1.52 bits per heavy atom. The molecule has 0 spiro atoms. The first-order valence-corrected chi connectivity index (χ1v) is 7.41. The summed E-state index contributed by atoms with van der Waals surface area (Å²) in [6.07, 6.45) is 2.43. The van der Waals surface area contributed by atoms with Gasteiger partial charge in [-0.25, -0.2) is 0 Å². The fraction of sp³-hybridized carbons (Fsp3) is 0.333. The molecule has 0 aliphatic rings. The van der Waals surface area contributed by atoms with E-state index in [9.17, 15) is 14.7 Å². The molecule has 0 heterocycles. The van der Waals surface area contributed by atoms with E-state index in [1.54, 1.807) is 24.3 Å². The molecule has 0 fully saturated rings. The Morgan fingerprint density at radius 3 is 2.14 bits per heavy atom. The summed E-state index contributed by atoms with van der Waals surface area (Å²) >= 11 is 0. The third-order valence-corrected chi connectivity index (χ3v) is 3.57. The molecule has 2 aromatic rings. The molecule has 0 atom stereocenters. The predicted molar refractivity (Wildman–Crippen MR) is 84.1 cm³/mol. The van der Waals surface area contributed by atoms with Crippen LogP contribution in [0.5, 0.6) is 5.75 Å². The van der Waals surface area contributed by atoms with Gasteiger partial charge in [-0.2, -0.15) is 0 Å². The lowest BCUT2D eigenvalue weighted by molar-refractivity contribution is 0.0973. The third-order valence-electron chi connectivity index (χ3n) is 3.57. The number of carbonyl (C=O) groups is 2. The van der Waals surface area contributed by atoms with Crippen molar-refractivity contribution in [3.63, 3.8) is 0 Å². The highest BCUT2D eigenvalue weighted by Gasteiger charge is 2.17. The van der Waals surface area contributed by atoms with Crippen molar-refractivity contribution in [3.8, 4) is 5.75 Å². The van der Waals surface area contributed by atoms with Crippen molar-refractivity contribution >= 4 is 22.3 Å². The minimum absolute atomic E-state index is 0.00140. The third kappa shape index (κ3) is 2.97. The predicted octanol–water partition coefficient (Wildman–Crippen LogP) is 4.51. The number of benzene rings is 2. The van der Waals surface area contributed by atoms with Crippen molar-refractivity contribution in [2.24, 2.45) is 0 Å². The highest BCUT2D eigenvalue weighted by molar-refractivity contribution is 6.16. The van der Waals surface area contributed by atoms with Crippen molar-refractivity contribution in [2.75, 3.05) is 0 Å². The van der Waals surface area contributed by atoms with Gasteiger partial charge in [0, 0.05) is 29.4 Å². The van der Waals surface area contributed by atoms with Gasteiger partial charge in [0.05, 0.1) is 0 Å². The number of ketones is 2. The Hall–Kier alpha value is -2.16. The van der Waals surface area contributed by atoms with Crippen molar-refractivity contribution in [3.05, 3.63) is 41.5 Å². The first kappa shape index (κ1) is 15.2. The molecular formula is C18H20O3. The molecule has 0 unspecified atom stereocenters. The maximum absolute atomic E-state index is 12.2. The molecule has 0 bridgehead atoms. The Bertz CT molecular complexity index is 686. The van der Waals surface area contributed by atoms with Crippen LogP contribution in [0.1, 0.15) is 60.2 Å². The van der Waals surface area contributed by atoms with Gasteiger partial charge in [0.15, 0.2) is 11.6 Å². The molecule has 0 aliphatic heterocycles. The highest BCUT2D eigenvalue weighted by atomic mass is 16.3. The lowest BCUT2D eigenvalue weighted by Crippen LogP contribution is -2.03. The van der Waals surface area contributed by atoms with E-state index in [0.717, 1.165) is 12.8 Å². The molecule has 0 aliphatic carbocycles. The average molecular weight is 284 g/mol. The zero-order valence-electron chi connectivity index (χ0n) is 12.5. The van der Waals surface area contributed by atoms with Crippen molar-refractivity contribution < 1.29 is 14.7 Å². The second-order valence-electron chi connectivity index (χ2n) is 5.21. The van der Waals surface area contributed by atoms with Gasteiger partial charge in [-0.1, -0.05) is 32.0 Å². The maximum atomic E-state index is 12.2. The number of aromatic hydroxyl groups is 1. The lowest BCUT2D eigenvalue weighted by Gasteiger charge is -2.11. The molecule has 0 amide bonds. The van der Waals surface area contributed by atoms with Gasteiger partial charge in [0.2, 0.25) is 0 Å². The molecule has 1 N–H and O–H groups in total. The van der Waals surface area contributed by atoms with E-state index >= 15 is 0 Å². The first-order valence-electron chi connectivity index (χ1n) is 7.41. The van der Waals surface area contributed by atoms with Gasteiger partial charge in [0.25, 0.3) is 0 Å². The van der Waals surface area contributed by atoms with Crippen molar-refractivity contribution in [1.82, 2.24) is 0 Å². The SMILES string of the molecule is CCCC(=O)c1ccc(O)c2c(C(=O)CCC)cccc12. The standard InChI is InChI=1S/C18H20O3/c1-3-6-15(19)12-10-11-17(21)18-13(12)8-5-9-14(18)16(20)7-4-2/h5,8-11,21H,3-4,6-7H2,1-2H3. The van der Waals surface area contributed by atoms with E-state index in [0.29, 0.717) is 34.7 Å². The normalized spacial score (nSPS) is 10.8. The number of fused-ring (bicyclic) bond motifs is 1. The van der Waals surface area contributed by atoms with Crippen LogP contribution in [0.2, 0.25) is 0 Å². The molecule has 0 saturated carbocycles. The number of rotatable bonds is 6. The average Bonchev–Trinajstić information content (AvgIpc) is 2.47. The molecule has 21 heavy (non-hydrogen) atoms. The molecule has 2 rings (SSSR count). The van der Waals surface area contributed by atoms with E-state index in [2.05, 4.69) is 0 Å². The Morgan fingerprint density at radius 1 is 0.905 bits per heavy atom. The largest absolute Gasteiger partial charge is 0.507 e. The van der Waals surface area contributed by atoms with Crippen LogP contribution < -0.4 is 0 Å². The van der Waals surface area contributed by atoms with E-state index in [4.69, 9.17) is 0 Å². The Balaban J connectivity index is 2.67. The van der Waals surface area contributed by atoms with Crippen LogP contribution in [0, 0.1) is 0 Å². The molecule has 110 valence electrons. The van der Waals surface area contributed by atoms with E-state index in [-0.39, 0.29) is 17.3 Å². The van der Waals surface area contributed by atoms with Crippen molar-refractivity contribution in [1.29, 1.82) is 0 Å². The van der Waals surface area contributed by atoms with Crippen LogP contribution in [-0.2, 0) is 0 Å². The zero-order valence-corrected chi connectivity index (χ0v) is 12.5. The van der Waals surface area contributed by atoms with Crippen LogP contribution in [-0.4, -0.2) is 16.7 Å². The summed E-state index contributed by atoms with van der Waals surface area (Å²) < 4.78 is 0. The number of phenols is 1. The smallest absolute Gasteiger partial charge is 0.163 e. The number of carbonyl (C=O) groups excluding carboxylic acids is 2. The topological polar surface area (TPSA) is 54.4 Å². The molecule has 0 saturated heterocycles. The minimum atomic E-state index is -0.00140. The number of phenolic OH excluding ortho intramolecular Hbond substituents is 1. The van der Waals surface area contributed by atoms with Gasteiger partial charge in [-0.05, 0) is 30.4 Å². The minimum Gasteiger partial charge on any atom is -0.507 e. The molecule has 2 aromatic carbocycles. The number of hydrogen-bond acceptors (Lipinski definition) is 3. The molecular weight excluding hydrogens is 264 g/mol. The molecule has 3 nitrogen and oxygen atoms in total. The van der Waals surface area contributed by atoms with Crippen LogP contribution in [0.4, 0.5) is 0 Å². The Kier molecular flexibility index (Phi) is 4.73. The molecule has 3 heteroatoms. The van der Waals surface area contributed by atoms with Gasteiger partial charge in [-0.3, -0.25) is 9.59 Å². The quantitative estimate of drug-likeness (QED) is 0.794. The monoisotopic (exact) mass is 284 g/mol. The summed E-state index contributed by atoms with van der Waals surface area (Å²) in [6.45, 7) is 3.90. The fourth-order valence-electron chi connectivity index (χ4n) is 2.59. The lowest BCUT2D eigenvalue weighted by atomic mass is 9.93. The zero-order chi connectivity index (χ0) is 15.4. The summed E-state index contributed by atoms with van der Waals surface area (Å²) in [5.41, 5.74) is 1.08. The van der Waals surface area contributed by atoms with Crippen molar-refractivity contribution in [2.45, 2.75) is 39.5 Å². The summed E-state index contributed by atoms with van der Waals surface area (Å²) in [7, 11) is 0. The van der Waals surface area contributed by atoms with Crippen LogP contribution in [0.3, 0.4) is 0 Å². The number of hydrogen-bond donors (Lipinski definition) is 1. The summed E-state index contributed by atoms with van der Waals surface area (Å²) in [4.78, 5) is 24.4. The van der Waals surface area contributed by atoms with Crippen LogP contribution >= 0.6 is 0 Å². The van der Waals surface area contributed by atoms with E-state index < -0.39 is 0 Å². The highest BCUT2D eigenvalue weighted by Crippen LogP contribution is 2.32. The summed E-state index contributed by atoms with van der Waals surface area (Å²) in [5.74, 6) is 0.0965. The second kappa shape index (κ2) is 6.53. The van der Waals surface area contributed by atoms with Gasteiger partial charge < -0.3 is 5.11 Å². The second-order valence-corrected chi connectivity index (χ2v) is 5.21. The van der Waals surface area contributed by atoms with Gasteiger partial charge in [0.1, 0.15) is 5.75 Å². The fourth-order valence-corrected chi connectivity index (χ4v) is 2.59. The Labute approximate surface area is 124 Å². The van der Waals surface area contributed by atoms with Crippen LogP contribution in [0.15, 0.2) is 30.3 Å². The molecule has 0 aromatic heterocycles. The summed E-state index contributed by atoms with van der Waals surface area (Å²) in [6, 6.07) is 8.43. The van der Waals surface area contributed by atoms with Crippen LogP contribution in [0.25, 0.3) is 10.8 Å². The van der Waals surface area contributed by atoms with E-state index in [1.807, 2.05) is 13.8 Å². The van der Waals surface area contributed by atoms with E-state index in [1.165, 1.54) is 6.07 Å². The van der Waals surface area contributed by atoms with Gasteiger partial charge in [-0.15, -0.1) is 0 Å². The van der Waals surface area contributed by atoms with Gasteiger partial charge >= 0.3 is 0 Å². The number of Topliss-reactive ketones (excluding diaryl/α,β-unsaturated/α-hetero) is 2. The molecule has 0 radical (unpaired) electrons. The maximum Gasteiger partial charge on any atom is 0.163 e. The summed E-state index contributed by atoms with van der Waals surface area (Å²) in [5, 5.41) is 11.3. The first-order chi connectivity index (χ1) is 10.1.